The second-order valence-corrected chi connectivity index (χ2v) is 8.92. The maximum absolute atomic E-state index is 13.1. The highest BCUT2D eigenvalue weighted by molar-refractivity contribution is 7.89. The number of nitrogens with zero attached hydrogens (tertiary/aromatic N) is 2. The van der Waals surface area contributed by atoms with Crippen LogP contribution in [0.15, 0.2) is 52.4 Å². The Morgan fingerprint density at radius 1 is 1.13 bits per heavy atom. The van der Waals surface area contributed by atoms with E-state index in [-0.39, 0.29) is 16.8 Å². The van der Waals surface area contributed by atoms with Crippen molar-refractivity contribution in [3.63, 3.8) is 0 Å². The largest absolute Gasteiger partial charge is 0.370 e. The monoisotopic (exact) mass is 432 g/mol. The lowest BCUT2D eigenvalue weighted by atomic mass is 10.1. The predicted molar refractivity (Wildman–Crippen MR) is 117 cm³/mol. The average molecular weight is 433 g/mol. The minimum atomic E-state index is -3.89. The molecule has 2 aromatic rings. The first-order valence-electron chi connectivity index (χ1n) is 9.93. The molecule has 1 aliphatic heterocycles. The van der Waals surface area contributed by atoms with Crippen LogP contribution in [0.5, 0.6) is 0 Å². The quantitative estimate of drug-likeness (QED) is 0.262. The van der Waals surface area contributed by atoms with Gasteiger partial charge in [-0.2, -0.15) is 4.72 Å². The molecule has 2 aromatic carbocycles. The second kappa shape index (κ2) is 9.88. The Kier molecular flexibility index (Phi) is 7.24. The summed E-state index contributed by atoms with van der Waals surface area (Å²) in [6.07, 6.45) is 0.771. The molecule has 162 valence electrons. The molecule has 3 rings (SSSR count). The van der Waals surface area contributed by atoms with Gasteiger partial charge in [-0.3, -0.25) is 9.79 Å². The summed E-state index contributed by atoms with van der Waals surface area (Å²) in [5.74, 6) is -0.262. The number of piperazine rings is 1. The van der Waals surface area contributed by atoms with Crippen LogP contribution in [-0.2, 0) is 14.8 Å². The van der Waals surface area contributed by atoms with Gasteiger partial charge in [0.25, 0.3) is 0 Å². The number of sulfonamides is 1. The molecular weight excluding hydrogens is 404 g/mol. The number of aliphatic imine (C=N–C) groups is 1. The van der Waals surface area contributed by atoms with Gasteiger partial charge in [0.2, 0.25) is 15.9 Å². The molecule has 1 amide bonds. The summed E-state index contributed by atoms with van der Waals surface area (Å²) < 4.78 is 28.7. The SMILES string of the molecule is NC(N)=NCCC[C@H](NS(=O)(=O)c1ccc2ccccc2c1)C(=O)N1CCNCC1. The summed E-state index contributed by atoms with van der Waals surface area (Å²) in [6.45, 7) is 2.78. The zero-order chi connectivity index (χ0) is 21.6. The first-order chi connectivity index (χ1) is 14.4. The molecule has 0 aromatic heterocycles. The summed E-state index contributed by atoms with van der Waals surface area (Å²) in [5, 5.41) is 4.95. The molecular formula is C20H28N6O3S. The fourth-order valence-corrected chi connectivity index (χ4v) is 4.69. The maximum atomic E-state index is 13.1. The van der Waals surface area contributed by atoms with Crippen molar-refractivity contribution in [1.29, 1.82) is 0 Å². The molecule has 0 unspecified atom stereocenters. The first-order valence-corrected chi connectivity index (χ1v) is 11.4. The second-order valence-electron chi connectivity index (χ2n) is 7.21. The third-order valence-corrected chi connectivity index (χ3v) is 6.47. The van der Waals surface area contributed by atoms with Crippen molar-refractivity contribution in [2.24, 2.45) is 16.5 Å². The van der Waals surface area contributed by atoms with Crippen LogP contribution in [0.2, 0.25) is 0 Å². The van der Waals surface area contributed by atoms with Crippen LogP contribution in [-0.4, -0.2) is 64.0 Å². The molecule has 0 aliphatic carbocycles. The zero-order valence-electron chi connectivity index (χ0n) is 16.8. The highest BCUT2D eigenvalue weighted by Gasteiger charge is 2.29. The Hall–Kier alpha value is -2.69. The number of nitrogens with one attached hydrogen (secondary N) is 2. The highest BCUT2D eigenvalue weighted by Crippen LogP contribution is 2.20. The third-order valence-electron chi connectivity index (χ3n) is 5.00. The van der Waals surface area contributed by atoms with Gasteiger partial charge in [-0.05, 0) is 35.7 Å². The van der Waals surface area contributed by atoms with Crippen LogP contribution in [0.4, 0.5) is 0 Å². The molecule has 10 heteroatoms. The highest BCUT2D eigenvalue weighted by atomic mass is 32.2. The fourth-order valence-electron chi connectivity index (χ4n) is 3.43. The van der Waals surface area contributed by atoms with Crippen LogP contribution >= 0.6 is 0 Å². The number of hydrogen-bond acceptors (Lipinski definition) is 5. The van der Waals surface area contributed by atoms with Gasteiger partial charge in [0.05, 0.1) is 4.90 Å². The summed E-state index contributed by atoms with van der Waals surface area (Å²) in [4.78, 5) is 18.8. The van der Waals surface area contributed by atoms with E-state index in [1.807, 2.05) is 24.3 Å². The van der Waals surface area contributed by atoms with Crippen molar-refractivity contribution in [2.45, 2.75) is 23.8 Å². The van der Waals surface area contributed by atoms with Crippen molar-refractivity contribution >= 4 is 32.7 Å². The number of amides is 1. The number of benzene rings is 2. The topological polar surface area (TPSA) is 143 Å². The van der Waals surface area contributed by atoms with Crippen LogP contribution in [0.1, 0.15) is 12.8 Å². The van der Waals surface area contributed by atoms with Crippen LogP contribution in [0.25, 0.3) is 10.8 Å². The molecule has 1 fully saturated rings. The number of fused-ring (bicyclic) bond motifs is 1. The molecule has 1 aliphatic rings. The molecule has 1 heterocycles. The summed E-state index contributed by atoms with van der Waals surface area (Å²) in [6, 6.07) is 11.6. The van der Waals surface area contributed by atoms with Crippen molar-refractivity contribution in [3.8, 4) is 0 Å². The van der Waals surface area contributed by atoms with Crippen molar-refractivity contribution < 1.29 is 13.2 Å². The predicted octanol–water partition coefficient (Wildman–Crippen LogP) is -0.0279. The maximum Gasteiger partial charge on any atom is 0.241 e. The summed E-state index contributed by atoms with van der Waals surface area (Å²) >= 11 is 0. The molecule has 30 heavy (non-hydrogen) atoms. The van der Waals surface area contributed by atoms with Gasteiger partial charge in [-0.15, -0.1) is 0 Å². The van der Waals surface area contributed by atoms with E-state index in [1.165, 1.54) is 0 Å². The van der Waals surface area contributed by atoms with Gasteiger partial charge in [-0.1, -0.05) is 30.3 Å². The standard InChI is InChI=1S/C20H28N6O3S/c21-20(22)24-9-3-6-18(19(27)26-12-10-23-11-13-26)25-30(28,29)17-8-7-15-4-1-2-5-16(15)14-17/h1-2,4-5,7-8,14,18,23,25H,3,6,9-13H2,(H4,21,22,24)/t18-/m0/s1. The number of carbonyl (C=O) groups excluding carboxylic acids is 1. The third kappa shape index (κ3) is 5.68. The van der Waals surface area contributed by atoms with E-state index in [4.69, 9.17) is 11.5 Å². The van der Waals surface area contributed by atoms with Gasteiger partial charge < -0.3 is 21.7 Å². The van der Waals surface area contributed by atoms with Gasteiger partial charge in [-0.25, -0.2) is 8.42 Å². The molecule has 1 atom stereocenters. The van der Waals surface area contributed by atoms with Gasteiger partial charge >= 0.3 is 0 Å². The lowest BCUT2D eigenvalue weighted by Gasteiger charge is -2.31. The number of guanidine groups is 1. The van der Waals surface area contributed by atoms with Crippen LogP contribution in [0.3, 0.4) is 0 Å². The van der Waals surface area contributed by atoms with Crippen molar-refractivity contribution in [1.82, 2.24) is 14.9 Å². The smallest absolute Gasteiger partial charge is 0.241 e. The fraction of sp³-hybridized carbons (Fsp3) is 0.400. The van der Waals surface area contributed by atoms with E-state index in [9.17, 15) is 13.2 Å². The molecule has 1 saturated heterocycles. The molecule has 0 saturated carbocycles. The minimum Gasteiger partial charge on any atom is -0.370 e. The molecule has 0 bridgehead atoms. The number of carbonyl (C=O) groups is 1. The van der Waals surface area contributed by atoms with E-state index in [0.29, 0.717) is 45.6 Å². The molecule has 6 N–H and O–H groups in total. The van der Waals surface area contributed by atoms with E-state index in [1.54, 1.807) is 23.1 Å². The lowest BCUT2D eigenvalue weighted by molar-refractivity contribution is -0.133. The van der Waals surface area contributed by atoms with Gasteiger partial charge in [0.1, 0.15) is 6.04 Å². The lowest BCUT2D eigenvalue weighted by Crippen LogP contribution is -2.54. The van der Waals surface area contributed by atoms with Crippen LogP contribution in [0, 0.1) is 0 Å². The molecule has 0 spiro atoms. The Morgan fingerprint density at radius 2 is 1.83 bits per heavy atom. The molecule has 9 nitrogen and oxygen atoms in total. The van der Waals surface area contributed by atoms with E-state index in [0.717, 1.165) is 10.8 Å². The van der Waals surface area contributed by atoms with Crippen LogP contribution < -0.4 is 21.5 Å². The summed E-state index contributed by atoms with van der Waals surface area (Å²) in [5.41, 5.74) is 10.7. The molecule has 0 radical (unpaired) electrons. The van der Waals surface area contributed by atoms with Crippen molar-refractivity contribution in [3.05, 3.63) is 42.5 Å². The number of rotatable bonds is 8. The zero-order valence-corrected chi connectivity index (χ0v) is 17.6. The Balaban J connectivity index is 1.79. The Bertz CT molecular complexity index is 1010. The average Bonchev–Trinajstić information content (AvgIpc) is 2.75. The van der Waals surface area contributed by atoms with Crippen molar-refractivity contribution in [2.75, 3.05) is 32.7 Å². The van der Waals surface area contributed by atoms with E-state index < -0.39 is 16.1 Å². The Morgan fingerprint density at radius 3 is 2.53 bits per heavy atom. The number of hydrogen-bond donors (Lipinski definition) is 4. The van der Waals surface area contributed by atoms with Gasteiger partial charge in [0.15, 0.2) is 5.96 Å². The summed E-state index contributed by atoms with van der Waals surface area (Å²) in [7, 11) is -3.89. The minimum absolute atomic E-state index is 0.0308. The first kappa shape index (κ1) is 22.0. The Labute approximate surface area is 176 Å². The normalized spacial score (nSPS) is 15.7. The van der Waals surface area contributed by atoms with Gasteiger partial charge in [0, 0.05) is 32.7 Å². The number of nitrogens with two attached hydrogens (primary N) is 2. The van der Waals surface area contributed by atoms with E-state index in [2.05, 4.69) is 15.0 Å². The van der Waals surface area contributed by atoms with E-state index >= 15 is 0 Å².